The van der Waals surface area contributed by atoms with E-state index in [0.717, 1.165) is 40.6 Å². The summed E-state index contributed by atoms with van der Waals surface area (Å²) in [5.41, 5.74) is 7.10. The van der Waals surface area contributed by atoms with Crippen molar-refractivity contribution in [3.8, 4) is 23.3 Å². The molecule has 8 heteroatoms. The Morgan fingerprint density at radius 1 is 1.11 bits per heavy atom. The van der Waals surface area contributed by atoms with Gasteiger partial charge in [-0.05, 0) is 67.5 Å². The molecule has 192 valence electrons. The van der Waals surface area contributed by atoms with Gasteiger partial charge in [-0.3, -0.25) is 4.79 Å². The lowest BCUT2D eigenvalue weighted by Gasteiger charge is -2.32. The van der Waals surface area contributed by atoms with Crippen molar-refractivity contribution in [3.05, 3.63) is 76.5 Å². The quantitative estimate of drug-likeness (QED) is 0.412. The lowest BCUT2D eigenvalue weighted by Crippen LogP contribution is -2.38. The van der Waals surface area contributed by atoms with Crippen LogP contribution in [0.15, 0.2) is 48.7 Å². The summed E-state index contributed by atoms with van der Waals surface area (Å²) in [7, 11) is 0. The number of piperidine rings is 1. The minimum atomic E-state index is 0.0421. The zero-order valence-corrected chi connectivity index (χ0v) is 21.5. The van der Waals surface area contributed by atoms with E-state index >= 15 is 0 Å². The number of aromatic amines is 1. The van der Waals surface area contributed by atoms with Crippen LogP contribution in [0.2, 0.25) is 0 Å². The summed E-state index contributed by atoms with van der Waals surface area (Å²) < 4.78 is 11.0. The molecule has 0 aliphatic carbocycles. The van der Waals surface area contributed by atoms with Crippen LogP contribution in [-0.4, -0.2) is 58.2 Å². The highest BCUT2D eigenvalue weighted by molar-refractivity contribution is 5.97. The van der Waals surface area contributed by atoms with Crippen molar-refractivity contribution < 1.29 is 14.3 Å². The number of imidazole rings is 1. The summed E-state index contributed by atoms with van der Waals surface area (Å²) in [6.07, 6.45) is 3.58. The minimum Gasteiger partial charge on any atom is -0.469 e. The van der Waals surface area contributed by atoms with Crippen molar-refractivity contribution in [2.45, 2.75) is 38.7 Å². The van der Waals surface area contributed by atoms with Crippen LogP contribution in [0.5, 0.6) is 5.88 Å². The van der Waals surface area contributed by atoms with E-state index in [1.165, 1.54) is 5.56 Å². The number of benzene rings is 2. The van der Waals surface area contributed by atoms with E-state index in [1.807, 2.05) is 55.1 Å². The molecule has 1 N–H and O–H groups in total. The van der Waals surface area contributed by atoms with Gasteiger partial charge < -0.3 is 19.4 Å². The number of hydrogen-bond donors (Lipinski definition) is 1. The molecule has 0 atom stereocenters. The standard InChI is InChI=1S/C30H29N5O3/c1-18-11-19(2)25(30(36)35-9-7-22(8-10-35)21-5-3-20(14-31)4-6-21)12-24(18)29-33-26-13-28(32-15-27(26)34-29)38-23-16-37-17-23/h3-6,11-13,15,22-23H,7-10,16-17H2,1-2H3,(H,33,34). The molecule has 2 saturated heterocycles. The number of carbonyl (C=O) groups is 1. The Hall–Kier alpha value is -4.22. The maximum Gasteiger partial charge on any atom is 0.254 e. The molecule has 2 aliphatic rings. The van der Waals surface area contributed by atoms with Crippen molar-refractivity contribution in [3.63, 3.8) is 0 Å². The summed E-state index contributed by atoms with van der Waals surface area (Å²) in [6.45, 7) is 6.60. The van der Waals surface area contributed by atoms with E-state index in [2.05, 4.69) is 22.1 Å². The molecule has 2 aromatic carbocycles. The van der Waals surface area contributed by atoms with Crippen LogP contribution in [0.4, 0.5) is 0 Å². The number of aromatic nitrogens is 3. The molecule has 1 amide bonds. The maximum atomic E-state index is 13.6. The normalized spacial score (nSPS) is 16.3. The first-order chi connectivity index (χ1) is 18.5. The van der Waals surface area contributed by atoms with Gasteiger partial charge in [-0.1, -0.05) is 18.2 Å². The Morgan fingerprint density at radius 3 is 2.55 bits per heavy atom. The number of hydrogen-bond acceptors (Lipinski definition) is 6. The molecule has 6 rings (SSSR count). The van der Waals surface area contributed by atoms with E-state index in [4.69, 9.17) is 19.7 Å². The third kappa shape index (κ3) is 4.61. The van der Waals surface area contributed by atoms with Gasteiger partial charge in [-0.25, -0.2) is 9.97 Å². The van der Waals surface area contributed by atoms with Gasteiger partial charge in [0.15, 0.2) is 0 Å². The molecule has 2 aliphatic heterocycles. The first-order valence-electron chi connectivity index (χ1n) is 13.0. The van der Waals surface area contributed by atoms with E-state index in [9.17, 15) is 4.79 Å². The predicted octanol–water partition coefficient (Wildman–Crippen LogP) is 4.91. The van der Waals surface area contributed by atoms with E-state index in [0.29, 0.717) is 55.1 Å². The van der Waals surface area contributed by atoms with Crippen molar-refractivity contribution in [2.75, 3.05) is 26.3 Å². The van der Waals surface area contributed by atoms with Crippen LogP contribution >= 0.6 is 0 Å². The molecule has 0 bridgehead atoms. The number of nitrogens with one attached hydrogen (secondary N) is 1. The van der Waals surface area contributed by atoms with Crippen LogP contribution in [0.1, 0.15) is 51.4 Å². The molecular weight excluding hydrogens is 478 g/mol. The van der Waals surface area contributed by atoms with Crippen molar-refractivity contribution in [1.29, 1.82) is 5.26 Å². The fraction of sp³-hybridized carbons (Fsp3) is 0.333. The fourth-order valence-corrected chi connectivity index (χ4v) is 5.29. The highest BCUT2D eigenvalue weighted by Crippen LogP contribution is 2.31. The second kappa shape index (κ2) is 9.92. The van der Waals surface area contributed by atoms with Gasteiger partial charge in [0, 0.05) is 30.3 Å². The summed E-state index contributed by atoms with van der Waals surface area (Å²) >= 11 is 0. The fourth-order valence-electron chi connectivity index (χ4n) is 5.29. The van der Waals surface area contributed by atoms with Crippen LogP contribution in [-0.2, 0) is 4.74 Å². The lowest BCUT2D eigenvalue weighted by molar-refractivity contribution is -0.0812. The molecule has 38 heavy (non-hydrogen) atoms. The second-order valence-corrected chi connectivity index (χ2v) is 10.2. The number of nitriles is 1. The molecule has 0 saturated carbocycles. The number of fused-ring (bicyclic) bond motifs is 1. The first kappa shape index (κ1) is 24.1. The third-order valence-electron chi connectivity index (χ3n) is 7.59. The van der Waals surface area contributed by atoms with Gasteiger partial charge in [-0.15, -0.1) is 0 Å². The number of amides is 1. The number of H-pyrrole nitrogens is 1. The smallest absolute Gasteiger partial charge is 0.254 e. The highest BCUT2D eigenvalue weighted by Gasteiger charge is 2.26. The molecule has 8 nitrogen and oxygen atoms in total. The molecule has 0 radical (unpaired) electrons. The molecular formula is C30H29N5O3. The Balaban J connectivity index is 1.20. The molecule has 0 spiro atoms. The average Bonchev–Trinajstić information content (AvgIpc) is 3.34. The Morgan fingerprint density at radius 2 is 1.87 bits per heavy atom. The Labute approximate surface area is 221 Å². The van der Waals surface area contributed by atoms with Gasteiger partial charge in [0.25, 0.3) is 5.91 Å². The average molecular weight is 508 g/mol. The van der Waals surface area contributed by atoms with Gasteiger partial charge in [0.2, 0.25) is 5.88 Å². The van der Waals surface area contributed by atoms with Gasteiger partial charge >= 0.3 is 0 Å². The number of likely N-dealkylation sites (tertiary alicyclic amines) is 1. The van der Waals surface area contributed by atoms with Crippen LogP contribution < -0.4 is 4.74 Å². The summed E-state index contributed by atoms with van der Waals surface area (Å²) in [5.74, 6) is 1.69. The Kier molecular flexibility index (Phi) is 6.30. The zero-order chi connectivity index (χ0) is 26.2. The number of ether oxygens (including phenoxy) is 2. The molecule has 2 fully saturated rings. The van der Waals surface area contributed by atoms with Crippen LogP contribution in [0.25, 0.3) is 22.4 Å². The van der Waals surface area contributed by atoms with Crippen LogP contribution in [0, 0.1) is 25.2 Å². The SMILES string of the molecule is Cc1cc(C)c(-c2nc3cc(OC4COC4)ncc3[nH]2)cc1C(=O)N1CCC(c2ccc(C#N)cc2)CC1. The Bertz CT molecular complexity index is 1540. The number of nitrogens with zero attached hydrogens (tertiary/aromatic N) is 4. The lowest BCUT2D eigenvalue weighted by atomic mass is 9.88. The van der Waals surface area contributed by atoms with Gasteiger partial charge in [0.05, 0.1) is 42.1 Å². The number of pyridine rings is 1. The minimum absolute atomic E-state index is 0.0421. The maximum absolute atomic E-state index is 13.6. The van der Waals surface area contributed by atoms with Crippen molar-refractivity contribution >= 4 is 16.9 Å². The van der Waals surface area contributed by atoms with E-state index < -0.39 is 0 Å². The monoisotopic (exact) mass is 507 g/mol. The number of rotatable bonds is 5. The largest absolute Gasteiger partial charge is 0.469 e. The molecule has 4 heterocycles. The second-order valence-electron chi connectivity index (χ2n) is 10.2. The predicted molar refractivity (Wildman–Crippen MR) is 143 cm³/mol. The molecule has 0 unspecified atom stereocenters. The number of aryl methyl sites for hydroxylation is 2. The zero-order valence-electron chi connectivity index (χ0n) is 21.5. The first-order valence-corrected chi connectivity index (χ1v) is 13.0. The molecule has 4 aromatic rings. The van der Waals surface area contributed by atoms with Gasteiger partial charge in [-0.2, -0.15) is 5.26 Å². The van der Waals surface area contributed by atoms with Gasteiger partial charge in [0.1, 0.15) is 11.9 Å². The summed E-state index contributed by atoms with van der Waals surface area (Å²) in [6, 6.07) is 15.8. The highest BCUT2D eigenvalue weighted by atomic mass is 16.6. The van der Waals surface area contributed by atoms with Crippen LogP contribution in [0.3, 0.4) is 0 Å². The van der Waals surface area contributed by atoms with Crippen molar-refractivity contribution in [2.24, 2.45) is 0 Å². The molecule has 2 aromatic heterocycles. The summed E-state index contributed by atoms with van der Waals surface area (Å²) in [5, 5.41) is 9.05. The van der Waals surface area contributed by atoms with Crippen molar-refractivity contribution in [1.82, 2.24) is 19.9 Å². The summed E-state index contributed by atoms with van der Waals surface area (Å²) in [4.78, 5) is 28.1. The third-order valence-corrected chi connectivity index (χ3v) is 7.59. The van der Waals surface area contributed by atoms with E-state index in [1.54, 1.807) is 6.20 Å². The number of carbonyl (C=O) groups excluding carboxylic acids is 1. The topological polar surface area (TPSA) is 104 Å². The van der Waals surface area contributed by atoms with E-state index in [-0.39, 0.29) is 12.0 Å².